The van der Waals surface area contributed by atoms with Gasteiger partial charge in [0.1, 0.15) is 19.3 Å². The third-order valence-corrected chi connectivity index (χ3v) is 21.1. The number of carbonyl (C=O) groups excluding carboxylic acids is 4. The molecule has 19 heteroatoms. The number of aliphatic hydroxyl groups excluding tert-OH is 1. The van der Waals surface area contributed by atoms with Crippen molar-refractivity contribution in [2.24, 2.45) is 11.8 Å². The fraction of sp³-hybridized carbons (Fsp3) is 0.951. The van der Waals surface area contributed by atoms with Gasteiger partial charge in [0.25, 0.3) is 0 Å². The third-order valence-electron chi connectivity index (χ3n) is 19.2. The van der Waals surface area contributed by atoms with Gasteiger partial charge in [-0.15, -0.1) is 0 Å². The van der Waals surface area contributed by atoms with Gasteiger partial charge in [-0.2, -0.15) is 0 Å². The SMILES string of the molecule is CCCCCCCCCCCCCCCCCCCCCCC(=O)OC[C@H](COP(=O)(O)OC[C@@H](O)COP(=O)(O)OC[C@@H](COC(=O)CCCCCCCCCCCC)OC(=O)CCCCCCCCCC(C)C)OC(=O)CCCCCCCCCCCCCCCCCCCCC(C)C. The van der Waals surface area contributed by atoms with Crippen LogP contribution in [0.5, 0.6) is 0 Å². The molecule has 17 nitrogen and oxygen atoms in total. The van der Waals surface area contributed by atoms with Gasteiger partial charge in [-0.1, -0.05) is 382 Å². The highest BCUT2D eigenvalue weighted by molar-refractivity contribution is 7.47. The van der Waals surface area contributed by atoms with Gasteiger partial charge in [0.15, 0.2) is 12.2 Å². The van der Waals surface area contributed by atoms with Crippen LogP contribution in [0.1, 0.15) is 433 Å². The lowest BCUT2D eigenvalue weighted by atomic mass is 10.0. The standard InChI is InChI=1S/C82H160O17P2/c1-7-9-11-13-15-17-19-20-21-22-23-24-28-31-34-37-41-47-53-59-65-80(85)93-70-77(98-81(86)66-60-54-48-42-38-35-32-29-26-25-27-30-33-36-39-44-50-56-62-74(3)4)72-96-100(88,89)94-68-76(83)69-95-101(90,91)97-73-78(99-82(87)67-61-55-49-43-45-51-57-63-75(5)6)71-92-79(84)64-58-52-46-40-18-16-14-12-10-8-2/h74-78,83H,7-73H2,1-6H3,(H,88,89)(H,90,91)/t76-,77-,78-/m1/s1. The minimum atomic E-state index is -4.96. The highest BCUT2D eigenvalue weighted by Crippen LogP contribution is 2.45. The van der Waals surface area contributed by atoms with Crippen molar-refractivity contribution in [3.05, 3.63) is 0 Å². The fourth-order valence-corrected chi connectivity index (χ4v) is 14.3. The first-order valence-corrected chi connectivity index (χ1v) is 45.5. The number of hydrogen-bond donors (Lipinski definition) is 3. The van der Waals surface area contributed by atoms with Crippen LogP contribution in [0.15, 0.2) is 0 Å². The summed E-state index contributed by atoms with van der Waals surface area (Å²) in [5.41, 5.74) is 0. The van der Waals surface area contributed by atoms with Crippen LogP contribution in [0.2, 0.25) is 0 Å². The second-order valence-electron chi connectivity index (χ2n) is 30.5. The Labute approximate surface area is 619 Å². The summed E-state index contributed by atoms with van der Waals surface area (Å²) in [5.74, 6) is -0.595. The summed E-state index contributed by atoms with van der Waals surface area (Å²) in [6, 6.07) is 0. The topological polar surface area (TPSA) is 237 Å². The van der Waals surface area contributed by atoms with E-state index >= 15 is 0 Å². The van der Waals surface area contributed by atoms with E-state index in [1.165, 1.54) is 250 Å². The number of rotatable bonds is 81. The predicted molar refractivity (Wildman–Crippen MR) is 414 cm³/mol. The van der Waals surface area contributed by atoms with Gasteiger partial charge in [-0.3, -0.25) is 37.3 Å². The maximum absolute atomic E-state index is 13.1. The lowest BCUT2D eigenvalue weighted by Crippen LogP contribution is -2.30. The van der Waals surface area contributed by atoms with Crippen molar-refractivity contribution in [1.82, 2.24) is 0 Å². The molecule has 101 heavy (non-hydrogen) atoms. The van der Waals surface area contributed by atoms with Crippen molar-refractivity contribution in [2.75, 3.05) is 39.6 Å². The van der Waals surface area contributed by atoms with Crippen LogP contribution in [0.25, 0.3) is 0 Å². The number of phosphoric ester groups is 2. The zero-order chi connectivity index (χ0) is 74.2. The molecule has 0 saturated heterocycles. The van der Waals surface area contributed by atoms with E-state index in [0.29, 0.717) is 31.6 Å². The average Bonchev–Trinajstić information content (AvgIpc) is 0.957. The molecule has 0 spiro atoms. The van der Waals surface area contributed by atoms with Crippen molar-refractivity contribution >= 4 is 39.5 Å². The molecule has 0 aromatic heterocycles. The summed E-state index contributed by atoms with van der Waals surface area (Å²) in [7, 11) is -9.92. The van der Waals surface area contributed by atoms with Crippen LogP contribution in [0, 0.1) is 11.8 Å². The smallest absolute Gasteiger partial charge is 0.462 e. The van der Waals surface area contributed by atoms with Crippen molar-refractivity contribution in [3.63, 3.8) is 0 Å². The molecule has 0 heterocycles. The van der Waals surface area contributed by atoms with E-state index in [4.69, 9.17) is 37.0 Å². The second kappa shape index (κ2) is 73.6. The molecule has 0 rings (SSSR count). The molecule has 0 aliphatic carbocycles. The van der Waals surface area contributed by atoms with Crippen molar-refractivity contribution in [2.45, 2.75) is 452 Å². The van der Waals surface area contributed by atoms with Gasteiger partial charge in [0.05, 0.1) is 26.4 Å². The monoisotopic (exact) mass is 1480 g/mol. The normalized spacial score (nSPS) is 13.9. The Kier molecular flexibility index (Phi) is 72.2. The lowest BCUT2D eigenvalue weighted by Gasteiger charge is -2.21. The zero-order valence-electron chi connectivity index (χ0n) is 66.2. The molecule has 2 unspecified atom stereocenters. The number of aliphatic hydroxyl groups is 1. The summed E-state index contributed by atoms with van der Waals surface area (Å²) in [5, 5.41) is 10.6. The van der Waals surface area contributed by atoms with E-state index < -0.39 is 97.5 Å². The van der Waals surface area contributed by atoms with Gasteiger partial charge in [-0.25, -0.2) is 9.13 Å². The van der Waals surface area contributed by atoms with Crippen LogP contribution in [0.4, 0.5) is 0 Å². The van der Waals surface area contributed by atoms with E-state index in [9.17, 15) is 43.2 Å². The largest absolute Gasteiger partial charge is 0.472 e. The predicted octanol–water partition coefficient (Wildman–Crippen LogP) is 24.7. The minimum Gasteiger partial charge on any atom is -0.462 e. The van der Waals surface area contributed by atoms with E-state index in [2.05, 4.69) is 41.5 Å². The molecule has 3 N–H and O–H groups in total. The number of phosphoric acid groups is 2. The fourth-order valence-electron chi connectivity index (χ4n) is 12.7. The molecular weight excluding hydrogens is 1320 g/mol. The Morgan fingerprint density at radius 2 is 0.455 bits per heavy atom. The van der Waals surface area contributed by atoms with E-state index in [-0.39, 0.29) is 25.7 Å². The Morgan fingerprint density at radius 1 is 0.267 bits per heavy atom. The van der Waals surface area contributed by atoms with E-state index in [0.717, 1.165) is 95.8 Å². The van der Waals surface area contributed by atoms with Crippen molar-refractivity contribution < 1.29 is 80.2 Å². The first-order valence-electron chi connectivity index (χ1n) is 42.5. The van der Waals surface area contributed by atoms with Crippen LogP contribution in [0.3, 0.4) is 0 Å². The summed E-state index contributed by atoms with van der Waals surface area (Å²) in [6.45, 7) is 9.60. The lowest BCUT2D eigenvalue weighted by molar-refractivity contribution is -0.161. The molecule has 5 atom stereocenters. The van der Waals surface area contributed by atoms with Crippen molar-refractivity contribution in [1.29, 1.82) is 0 Å². The Hall–Kier alpha value is -1.94. The average molecular weight is 1480 g/mol. The van der Waals surface area contributed by atoms with E-state index in [1.807, 2.05) is 0 Å². The summed E-state index contributed by atoms with van der Waals surface area (Å²) in [6.07, 6.45) is 64.1. The number of ether oxygens (including phenoxy) is 4. The highest BCUT2D eigenvalue weighted by atomic mass is 31.2. The van der Waals surface area contributed by atoms with Gasteiger partial charge in [0.2, 0.25) is 0 Å². The first kappa shape index (κ1) is 99.1. The van der Waals surface area contributed by atoms with Gasteiger partial charge in [0, 0.05) is 25.7 Å². The molecule has 0 radical (unpaired) electrons. The number of unbranched alkanes of at least 4 members (excludes halogenated alkanes) is 51. The summed E-state index contributed by atoms with van der Waals surface area (Å²) < 4.78 is 68.6. The van der Waals surface area contributed by atoms with Gasteiger partial charge < -0.3 is 33.8 Å². The van der Waals surface area contributed by atoms with Crippen LogP contribution in [-0.4, -0.2) is 96.7 Å². The molecule has 0 saturated carbocycles. The molecule has 600 valence electrons. The molecule has 0 amide bonds. The van der Waals surface area contributed by atoms with Gasteiger partial charge >= 0.3 is 39.5 Å². The highest BCUT2D eigenvalue weighted by Gasteiger charge is 2.30. The molecule has 0 aromatic rings. The zero-order valence-corrected chi connectivity index (χ0v) is 68.0. The Balaban J connectivity index is 5.18. The van der Waals surface area contributed by atoms with Crippen LogP contribution < -0.4 is 0 Å². The number of hydrogen-bond acceptors (Lipinski definition) is 15. The number of esters is 4. The molecule has 0 aromatic carbocycles. The van der Waals surface area contributed by atoms with Crippen molar-refractivity contribution in [3.8, 4) is 0 Å². The molecule has 0 bridgehead atoms. The minimum absolute atomic E-state index is 0.104. The maximum Gasteiger partial charge on any atom is 0.472 e. The third kappa shape index (κ3) is 76.1. The molecule has 0 fully saturated rings. The second-order valence-corrected chi connectivity index (χ2v) is 33.4. The quantitative estimate of drug-likeness (QED) is 0.0222. The van der Waals surface area contributed by atoms with Crippen LogP contribution >= 0.6 is 15.6 Å². The summed E-state index contributed by atoms with van der Waals surface area (Å²) >= 11 is 0. The maximum atomic E-state index is 13.1. The number of carbonyl (C=O) groups is 4. The molecular formula is C82H160O17P2. The van der Waals surface area contributed by atoms with Crippen LogP contribution in [-0.2, 0) is 65.4 Å². The first-order chi connectivity index (χ1) is 48.9. The Morgan fingerprint density at radius 3 is 0.673 bits per heavy atom. The molecule has 0 aliphatic heterocycles. The Bertz CT molecular complexity index is 1940. The molecule has 0 aliphatic rings. The van der Waals surface area contributed by atoms with Gasteiger partial charge in [-0.05, 0) is 37.5 Å². The van der Waals surface area contributed by atoms with E-state index in [1.54, 1.807) is 0 Å². The summed E-state index contributed by atoms with van der Waals surface area (Å²) in [4.78, 5) is 72.9.